The average molecular weight is 307 g/mol. The van der Waals surface area contributed by atoms with Gasteiger partial charge in [0.2, 0.25) is 0 Å². The molecule has 0 saturated heterocycles. The van der Waals surface area contributed by atoms with Gasteiger partial charge in [0.1, 0.15) is 11.6 Å². The van der Waals surface area contributed by atoms with E-state index in [1.807, 2.05) is 0 Å². The normalized spacial score (nSPS) is 24.9. The maximum Gasteiger partial charge on any atom is 0.393 e. The van der Waals surface area contributed by atoms with Crippen LogP contribution in [0.3, 0.4) is 0 Å². The van der Waals surface area contributed by atoms with Crippen molar-refractivity contribution in [2.45, 2.75) is 50.9 Å². The molecule has 2 rings (SSSR count). The van der Waals surface area contributed by atoms with E-state index in [2.05, 4.69) is 5.32 Å². The van der Waals surface area contributed by atoms with Gasteiger partial charge in [0.25, 0.3) is 0 Å². The quantitative estimate of drug-likeness (QED) is 0.796. The summed E-state index contributed by atoms with van der Waals surface area (Å²) in [6.07, 6.45) is -2.46. The van der Waals surface area contributed by atoms with Crippen molar-refractivity contribution in [3.05, 3.63) is 35.4 Å². The van der Waals surface area contributed by atoms with Crippen molar-refractivity contribution in [1.29, 1.82) is 0 Å². The molecule has 1 nitrogen and oxygen atoms in total. The van der Waals surface area contributed by atoms with Gasteiger partial charge in [0.15, 0.2) is 0 Å². The van der Waals surface area contributed by atoms with Crippen molar-refractivity contribution < 1.29 is 22.0 Å². The minimum Gasteiger partial charge on any atom is -0.307 e. The zero-order valence-corrected chi connectivity index (χ0v) is 11.7. The van der Waals surface area contributed by atoms with Crippen LogP contribution in [0.4, 0.5) is 22.0 Å². The van der Waals surface area contributed by atoms with Crippen LogP contribution in [0.1, 0.15) is 44.2 Å². The van der Waals surface area contributed by atoms with Gasteiger partial charge in [-0.1, -0.05) is 18.9 Å². The van der Waals surface area contributed by atoms with E-state index in [0.29, 0.717) is 12.8 Å². The number of hydrogen-bond acceptors (Lipinski definition) is 1. The summed E-state index contributed by atoms with van der Waals surface area (Å²) in [6, 6.07) is 1.80. The molecule has 0 radical (unpaired) electrons. The summed E-state index contributed by atoms with van der Waals surface area (Å²) in [5.74, 6) is -2.85. The highest BCUT2D eigenvalue weighted by atomic mass is 19.4. The predicted molar refractivity (Wildman–Crippen MR) is 69.7 cm³/mol. The van der Waals surface area contributed by atoms with Crippen LogP contribution in [-0.2, 0) is 0 Å². The number of hydrogen-bond donors (Lipinski definition) is 1. The molecule has 3 unspecified atom stereocenters. The van der Waals surface area contributed by atoms with Crippen molar-refractivity contribution in [2.24, 2.45) is 5.92 Å². The molecule has 21 heavy (non-hydrogen) atoms. The fourth-order valence-corrected chi connectivity index (χ4v) is 2.99. The van der Waals surface area contributed by atoms with Crippen LogP contribution in [0.15, 0.2) is 18.2 Å². The second-order valence-corrected chi connectivity index (χ2v) is 5.59. The maximum atomic E-state index is 13.7. The Labute approximate surface area is 120 Å². The third-order valence-corrected chi connectivity index (χ3v) is 4.08. The molecular formula is C15H18F5N. The van der Waals surface area contributed by atoms with Crippen LogP contribution in [0.2, 0.25) is 0 Å². The number of nitrogens with one attached hydrogen (secondary N) is 1. The molecule has 0 spiro atoms. The molecule has 3 atom stereocenters. The van der Waals surface area contributed by atoms with Crippen LogP contribution in [0.25, 0.3) is 0 Å². The van der Waals surface area contributed by atoms with Crippen LogP contribution < -0.4 is 5.32 Å². The first-order valence-electron chi connectivity index (χ1n) is 7.06. The highest BCUT2D eigenvalue weighted by molar-refractivity contribution is 5.21. The molecule has 1 aromatic rings. The average Bonchev–Trinajstić information content (AvgIpc) is 2.37. The zero-order chi connectivity index (χ0) is 15.6. The van der Waals surface area contributed by atoms with Gasteiger partial charge in [-0.3, -0.25) is 0 Å². The van der Waals surface area contributed by atoms with E-state index in [1.165, 1.54) is 6.07 Å². The minimum absolute atomic E-state index is 0.0970. The van der Waals surface area contributed by atoms with Crippen LogP contribution in [0.5, 0.6) is 0 Å². The topological polar surface area (TPSA) is 12.0 Å². The van der Waals surface area contributed by atoms with Gasteiger partial charge < -0.3 is 5.32 Å². The Kier molecular flexibility index (Phi) is 4.86. The predicted octanol–water partition coefficient (Wildman–Crippen LogP) is 4.74. The molecular weight excluding hydrogens is 289 g/mol. The first kappa shape index (κ1) is 16.2. The monoisotopic (exact) mass is 307 g/mol. The molecule has 1 aliphatic carbocycles. The Hall–Kier alpha value is -1.17. The Morgan fingerprint density at radius 3 is 2.43 bits per heavy atom. The Balaban J connectivity index is 2.11. The summed E-state index contributed by atoms with van der Waals surface area (Å²) in [7, 11) is 0. The van der Waals surface area contributed by atoms with Gasteiger partial charge in [0.05, 0.1) is 5.92 Å². The Bertz CT molecular complexity index is 485. The van der Waals surface area contributed by atoms with Crippen LogP contribution >= 0.6 is 0 Å². The lowest BCUT2D eigenvalue weighted by Gasteiger charge is -2.35. The molecule has 0 amide bonds. The minimum atomic E-state index is -4.25. The number of halogens is 5. The fraction of sp³-hybridized carbons (Fsp3) is 0.600. The molecule has 0 heterocycles. The van der Waals surface area contributed by atoms with E-state index in [9.17, 15) is 22.0 Å². The van der Waals surface area contributed by atoms with Crippen molar-refractivity contribution in [3.63, 3.8) is 0 Å². The highest BCUT2D eigenvalue weighted by Gasteiger charge is 2.45. The summed E-state index contributed by atoms with van der Waals surface area (Å²) in [5, 5.41) is 2.87. The summed E-state index contributed by atoms with van der Waals surface area (Å²) in [4.78, 5) is 0. The standard InChI is InChI=1S/C15H18F5N/c1-9(11-7-6-10(16)8-13(11)17)21-14-5-3-2-4-12(14)15(18,19)20/h6-9,12,14,21H,2-5H2,1H3. The molecule has 1 fully saturated rings. The number of benzene rings is 1. The largest absolute Gasteiger partial charge is 0.393 e. The molecule has 1 aliphatic rings. The van der Waals surface area contributed by atoms with Crippen LogP contribution in [-0.4, -0.2) is 12.2 Å². The van der Waals surface area contributed by atoms with E-state index in [1.54, 1.807) is 6.92 Å². The molecule has 0 aromatic heterocycles. The molecule has 118 valence electrons. The van der Waals surface area contributed by atoms with E-state index < -0.39 is 35.8 Å². The third-order valence-electron chi connectivity index (χ3n) is 4.08. The van der Waals surface area contributed by atoms with E-state index >= 15 is 0 Å². The Morgan fingerprint density at radius 1 is 1.14 bits per heavy atom. The zero-order valence-electron chi connectivity index (χ0n) is 11.7. The Morgan fingerprint density at radius 2 is 1.81 bits per heavy atom. The lowest BCUT2D eigenvalue weighted by Crippen LogP contribution is -2.46. The highest BCUT2D eigenvalue weighted by Crippen LogP contribution is 2.38. The summed E-state index contributed by atoms with van der Waals surface area (Å²) in [6.45, 7) is 1.60. The van der Waals surface area contributed by atoms with Crippen LogP contribution in [0, 0.1) is 17.6 Å². The second kappa shape index (κ2) is 6.30. The fourth-order valence-electron chi connectivity index (χ4n) is 2.99. The summed E-state index contributed by atoms with van der Waals surface area (Å²) >= 11 is 0. The molecule has 1 aromatic carbocycles. The molecule has 0 bridgehead atoms. The van der Waals surface area contributed by atoms with E-state index in [-0.39, 0.29) is 12.0 Å². The summed E-state index contributed by atoms with van der Waals surface area (Å²) < 4.78 is 65.6. The van der Waals surface area contributed by atoms with Crippen molar-refractivity contribution in [1.82, 2.24) is 5.32 Å². The first-order chi connectivity index (χ1) is 9.79. The lowest BCUT2D eigenvalue weighted by atomic mass is 9.83. The first-order valence-corrected chi connectivity index (χ1v) is 7.06. The van der Waals surface area contributed by atoms with Gasteiger partial charge >= 0.3 is 6.18 Å². The smallest absolute Gasteiger partial charge is 0.307 e. The maximum absolute atomic E-state index is 13.7. The van der Waals surface area contributed by atoms with Gasteiger partial charge in [-0.2, -0.15) is 13.2 Å². The van der Waals surface area contributed by atoms with Gasteiger partial charge in [-0.15, -0.1) is 0 Å². The van der Waals surface area contributed by atoms with Gasteiger partial charge in [-0.05, 0) is 25.8 Å². The van der Waals surface area contributed by atoms with Crippen molar-refractivity contribution >= 4 is 0 Å². The third kappa shape index (κ3) is 3.93. The van der Waals surface area contributed by atoms with Crippen molar-refractivity contribution in [3.8, 4) is 0 Å². The molecule has 1 saturated carbocycles. The van der Waals surface area contributed by atoms with E-state index in [0.717, 1.165) is 18.6 Å². The molecule has 1 N–H and O–H groups in total. The molecule has 0 aliphatic heterocycles. The second-order valence-electron chi connectivity index (χ2n) is 5.59. The van der Waals surface area contributed by atoms with Crippen molar-refractivity contribution in [2.75, 3.05) is 0 Å². The van der Waals surface area contributed by atoms with Gasteiger partial charge in [-0.25, -0.2) is 8.78 Å². The lowest BCUT2D eigenvalue weighted by molar-refractivity contribution is -0.189. The molecule has 6 heteroatoms. The SMILES string of the molecule is CC(NC1CCCCC1C(F)(F)F)c1ccc(F)cc1F. The number of alkyl halides is 3. The van der Waals surface area contributed by atoms with E-state index in [4.69, 9.17) is 0 Å². The summed E-state index contributed by atoms with van der Waals surface area (Å²) in [5.41, 5.74) is 0.183. The number of rotatable bonds is 3. The van der Waals surface area contributed by atoms with Gasteiger partial charge in [0, 0.05) is 23.7 Å².